The molecule has 16 heteroatoms. The number of benzene rings is 2. The molecule has 280 valence electrons. The predicted octanol–water partition coefficient (Wildman–Crippen LogP) is 6.57. The minimum absolute atomic E-state index is 0.0594. The van der Waals surface area contributed by atoms with E-state index in [9.17, 15) is 22.7 Å². The van der Waals surface area contributed by atoms with Gasteiger partial charge in [0, 0.05) is 42.3 Å². The number of hydrogen-bond acceptors (Lipinski definition) is 11. The third-order valence-corrected chi connectivity index (χ3v) is 10.6. The minimum Gasteiger partial charge on any atom is -0.508 e. The highest BCUT2D eigenvalue weighted by Gasteiger charge is 2.50. The first kappa shape index (κ1) is 35.6. The van der Waals surface area contributed by atoms with Gasteiger partial charge in [-0.3, -0.25) is 14.9 Å². The Labute approximate surface area is 306 Å². The fourth-order valence-corrected chi connectivity index (χ4v) is 8.02. The molecule has 2 N–H and O–H groups in total. The number of terminal acetylenes is 1. The number of pyridine rings is 1. The summed E-state index contributed by atoms with van der Waals surface area (Å²) in [7, 11) is 0. The van der Waals surface area contributed by atoms with Crippen LogP contribution in [0.1, 0.15) is 56.1 Å². The van der Waals surface area contributed by atoms with Crippen LogP contribution >= 0.6 is 0 Å². The highest BCUT2D eigenvalue weighted by molar-refractivity contribution is 6.03. The van der Waals surface area contributed by atoms with Gasteiger partial charge in [0.2, 0.25) is 5.88 Å². The standard InChI is InChI=1S/C38H35F5N8O3/c1-2-26-29(39)8-7-22-15-25(52)17-27(31(22)26)33-32(40)34-28(19-44-33)35(51-14-5-3-4-12-46-51)48-36(47-34)54-21-37-10-6-13-50(37)24(9-11-37)20-53-30-16-23(18-45-49-30)38(41,42)43/h1,7-8,15-19,24,46,52H,3-6,9-14,20-21H2. The number of alkyl halides is 3. The summed E-state index contributed by atoms with van der Waals surface area (Å²) in [5, 5.41) is 20.5. The molecule has 0 spiro atoms. The zero-order valence-corrected chi connectivity index (χ0v) is 29.0. The summed E-state index contributed by atoms with van der Waals surface area (Å²) >= 11 is 0. The average Bonchev–Trinajstić information content (AvgIpc) is 3.60. The fraction of sp³-hybridized carbons (Fsp3) is 0.395. The van der Waals surface area contributed by atoms with Crippen molar-refractivity contribution in [3.63, 3.8) is 0 Å². The number of aromatic hydroxyl groups is 1. The third-order valence-electron chi connectivity index (χ3n) is 10.6. The molecular formula is C38H35F5N8O3. The summed E-state index contributed by atoms with van der Waals surface area (Å²) < 4.78 is 83.5. The molecule has 5 aromatic rings. The second kappa shape index (κ2) is 14.1. The second-order valence-electron chi connectivity index (χ2n) is 13.9. The Bertz CT molecular complexity index is 2280. The Balaban J connectivity index is 1.12. The molecule has 3 aliphatic heterocycles. The number of phenolic OH excluding ortho intramolecular Hbond substituents is 1. The van der Waals surface area contributed by atoms with Crippen molar-refractivity contribution < 1.29 is 36.5 Å². The molecule has 3 saturated heterocycles. The normalized spacial score (nSPS) is 20.6. The van der Waals surface area contributed by atoms with Crippen LogP contribution in [-0.4, -0.2) is 79.6 Å². The van der Waals surface area contributed by atoms with E-state index in [0.29, 0.717) is 42.3 Å². The van der Waals surface area contributed by atoms with Crippen molar-refractivity contribution in [1.82, 2.24) is 35.5 Å². The number of nitrogens with zero attached hydrogens (tertiary/aromatic N) is 7. The Morgan fingerprint density at radius 3 is 2.72 bits per heavy atom. The number of nitrogens with one attached hydrogen (secondary N) is 1. The number of aromatic nitrogens is 5. The van der Waals surface area contributed by atoms with E-state index in [1.165, 1.54) is 30.5 Å². The fourth-order valence-electron chi connectivity index (χ4n) is 8.02. The maximum absolute atomic E-state index is 16.9. The van der Waals surface area contributed by atoms with Crippen molar-refractivity contribution >= 4 is 27.5 Å². The lowest BCUT2D eigenvalue weighted by molar-refractivity contribution is -0.138. The zero-order valence-electron chi connectivity index (χ0n) is 29.0. The van der Waals surface area contributed by atoms with Gasteiger partial charge in [-0.15, -0.1) is 11.5 Å². The van der Waals surface area contributed by atoms with E-state index in [4.69, 9.17) is 20.9 Å². The van der Waals surface area contributed by atoms with E-state index in [1.807, 2.05) is 5.01 Å². The molecule has 0 aliphatic carbocycles. The lowest BCUT2D eigenvalue weighted by atomic mass is 9.95. The van der Waals surface area contributed by atoms with Crippen LogP contribution in [0, 0.1) is 24.0 Å². The molecule has 2 aromatic carbocycles. The van der Waals surface area contributed by atoms with Crippen LogP contribution in [0.5, 0.6) is 17.6 Å². The van der Waals surface area contributed by atoms with Gasteiger partial charge in [-0.2, -0.15) is 28.2 Å². The molecule has 3 fully saturated rings. The lowest BCUT2D eigenvalue weighted by Crippen LogP contribution is -2.48. The van der Waals surface area contributed by atoms with Gasteiger partial charge in [-0.1, -0.05) is 18.4 Å². The van der Waals surface area contributed by atoms with E-state index < -0.39 is 28.9 Å². The van der Waals surface area contributed by atoms with Crippen molar-refractivity contribution in [2.75, 3.05) is 37.9 Å². The number of fused-ring (bicyclic) bond motifs is 3. The first-order valence-corrected chi connectivity index (χ1v) is 17.8. The average molecular weight is 747 g/mol. The molecule has 0 saturated carbocycles. The van der Waals surface area contributed by atoms with Crippen LogP contribution in [0.2, 0.25) is 0 Å². The highest BCUT2D eigenvalue weighted by Crippen LogP contribution is 2.44. The summed E-state index contributed by atoms with van der Waals surface area (Å²) in [6.45, 7) is 2.29. The molecule has 3 aromatic heterocycles. The Hall–Kier alpha value is -5.40. The molecule has 3 aliphatic rings. The van der Waals surface area contributed by atoms with Gasteiger partial charge < -0.3 is 14.6 Å². The Morgan fingerprint density at radius 1 is 1.02 bits per heavy atom. The maximum atomic E-state index is 16.9. The van der Waals surface area contributed by atoms with E-state index in [-0.39, 0.29) is 64.6 Å². The highest BCUT2D eigenvalue weighted by atomic mass is 19.4. The Morgan fingerprint density at radius 2 is 1.89 bits per heavy atom. The lowest BCUT2D eigenvalue weighted by Gasteiger charge is -2.34. The number of hydrogen-bond donors (Lipinski definition) is 2. The molecule has 2 unspecified atom stereocenters. The van der Waals surface area contributed by atoms with Gasteiger partial charge in [-0.25, -0.2) is 14.2 Å². The van der Waals surface area contributed by atoms with Crippen molar-refractivity contribution in [2.24, 2.45) is 0 Å². The van der Waals surface area contributed by atoms with Crippen LogP contribution in [0.4, 0.5) is 27.8 Å². The molecule has 0 bridgehead atoms. The van der Waals surface area contributed by atoms with E-state index >= 15 is 4.39 Å². The Kier molecular flexibility index (Phi) is 9.31. The topological polar surface area (TPSA) is 122 Å². The summed E-state index contributed by atoms with van der Waals surface area (Å²) in [5.41, 5.74) is 1.74. The number of ether oxygens (including phenoxy) is 2. The van der Waals surface area contributed by atoms with Gasteiger partial charge >= 0.3 is 12.2 Å². The van der Waals surface area contributed by atoms with Crippen molar-refractivity contribution in [2.45, 2.75) is 62.7 Å². The quantitative estimate of drug-likeness (QED) is 0.133. The molecule has 2 atom stereocenters. The summed E-state index contributed by atoms with van der Waals surface area (Å²) in [4.78, 5) is 16.0. The number of anilines is 1. The number of rotatable bonds is 8. The second-order valence-corrected chi connectivity index (χ2v) is 13.9. The van der Waals surface area contributed by atoms with Crippen molar-refractivity contribution in [3.05, 3.63) is 65.5 Å². The number of halogens is 5. The van der Waals surface area contributed by atoms with Crippen LogP contribution in [0.15, 0.2) is 42.7 Å². The summed E-state index contributed by atoms with van der Waals surface area (Å²) in [5.74, 6) is 0.853. The monoisotopic (exact) mass is 746 g/mol. The van der Waals surface area contributed by atoms with Crippen molar-refractivity contribution in [1.29, 1.82) is 0 Å². The van der Waals surface area contributed by atoms with E-state index in [1.54, 1.807) is 0 Å². The third kappa shape index (κ3) is 6.55. The summed E-state index contributed by atoms with van der Waals surface area (Å²) in [6, 6.07) is 6.03. The largest absolute Gasteiger partial charge is 0.508 e. The minimum atomic E-state index is -4.57. The molecule has 0 amide bonds. The number of hydrazine groups is 1. The van der Waals surface area contributed by atoms with E-state index in [0.717, 1.165) is 51.1 Å². The van der Waals surface area contributed by atoms with E-state index in [2.05, 4.69) is 36.4 Å². The van der Waals surface area contributed by atoms with Gasteiger partial charge in [0.25, 0.3) is 0 Å². The first-order chi connectivity index (χ1) is 26.0. The molecule has 11 nitrogen and oxygen atoms in total. The summed E-state index contributed by atoms with van der Waals surface area (Å²) in [6.07, 6.45) is 9.14. The SMILES string of the molecule is C#Cc1c(F)ccc2cc(O)cc(-c3ncc4c(N5CCCCCN5)nc(OCC56CCCN5C(COc5cc(C(F)(F)F)cnn5)CC6)nc4c3F)c12. The van der Waals surface area contributed by atoms with Gasteiger partial charge in [0.15, 0.2) is 11.6 Å². The number of phenols is 1. The molecule has 6 heterocycles. The molecule has 8 rings (SSSR count). The molecular weight excluding hydrogens is 711 g/mol. The maximum Gasteiger partial charge on any atom is 0.418 e. The van der Waals surface area contributed by atoms with Crippen LogP contribution < -0.4 is 19.9 Å². The molecule has 54 heavy (non-hydrogen) atoms. The van der Waals surface area contributed by atoms with Gasteiger partial charge in [0.05, 0.1) is 28.2 Å². The smallest absolute Gasteiger partial charge is 0.418 e. The predicted molar refractivity (Wildman–Crippen MR) is 189 cm³/mol. The van der Waals surface area contributed by atoms with Crippen LogP contribution in [0.3, 0.4) is 0 Å². The molecule has 0 radical (unpaired) electrons. The van der Waals surface area contributed by atoms with Gasteiger partial charge in [-0.05, 0) is 68.7 Å². The van der Waals surface area contributed by atoms with Gasteiger partial charge in [0.1, 0.15) is 36.0 Å². The zero-order chi connectivity index (χ0) is 37.6. The van der Waals surface area contributed by atoms with Crippen LogP contribution in [-0.2, 0) is 6.18 Å². The van der Waals surface area contributed by atoms with Crippen LogP contribution in [0.25, 0.3) is 32.9 Å². The van der Waals surface area contributed by atoms with Crippen molar-refractivity contribution in [3.8, 4) is 41.2 Å². The first-order valence-electron chi connectivity index (χ1n) is 17.8.